The Kier molecular flexibility index (Phi) is 7.16. The average molecular weight is 516 g/mol. The van der Waals surface area contributed by atoms with E-state index in [4.69, 9.17) is 16.3 Å². The van der Waals surface area contributed by atoms with Crippen molar-refractivity contribution in [2.24, 2.45) is 0 Å². The first-order chi connectivity index (χ1) is 16.3. The standard InChI is InChI=1S/C24H22ClN3O4S2/c1-16-20(25)10-11-21-23(16)27-24(33-21)28(15-17-5-3-4-13-26-17)22(29)12-14-34(30,31)19-8-6-18(32-2)7-9-19/h3-11,13H,12,14-15H2,1-2H3. The van der Waals surface area contributed by atoms with E-state index in [9.17, 15) is 13.2 Å². The summed E-state index contributed by atoms with van der Waals surface area (Å²) in [6.07, 6.45) is 1.45. The van der Waals surface area contributed by atoms with Crippen molar-refractivity contribution < 1.29 is 17.9 Å². The maximum atomic E-state index is 13.3. The summed E-state index contributed by atoms with van der Waals surface area (Å²) in [5.41, 5.74) is 2.22. The quantitative estimate of drug-likeness (QED) is 0.326. The van der Waals surface area contributed by atoms with Crippen molar-refractivity contribution in [3.8, 4) is 5.75 Å². The second-order valence-corrected chi connectivity index (χ2v) is 11.1. The van der Waals surface area contributed by atoms with Gasteiger partial charge in [-0.15, -0.1) is 0 Å². The molecule has 0 radical (unpaired) electrons. The highest BCUT2D eigenvalue weighted by Crippen LogP contribution is 2.34. The molecule has 0 aliphatic rings. The number of carbonyl (C=O) groups excluding carboxylic acids is 1. The Morgan fingerprint density at radius 3 is 2.56 bits per heavy atom. The molecule has 4 rings (SSSR count). The number of amides is 1. The number of sulfone groups is 1. The van der Waals surface area contributed by atoms with Gasteiger partial charge in [0.15, 0.2) is 15.0 Å². The van der Waals surface area contributed by atoms with Gasteiger partial charge in [-0.1, -0.05) is 29.0 Å². The number of pyridine rings is 1. The average Bonchev–Trinajstić information content (AvgIpc) is 3.29. The number of methoxy groups -OCH3 is 1. The predicted molar refractivity (Wildman–Crippen MR) is 134 cm³/mol. The summed E-state index contributed by atoms with van der Waals surface area (Å²) in [5, 5.41) is 1.07. The minimum atomic E-state index is -3.66. The molecule has 0 saturated heterocycles. The lowest BCUT2D eigenvalue weighted by atomic mass is 10.2. The van der Waals surface area contributed by atoms with E-state index in [1.54, 1.807) is 30.5 Å². The van der Waals surface area contributed by atoms with Gasteiger partial charge in [0.25, 0.3) is 0 Å². The van der Waals surface area contributed by atoms with Crippen LogP contribution in [0.25, 0.3) is 10.2 Å². The van der Waals surface area contributed by atoms with E-state index in [1.165, 1.54) is 35.5 Å². The fraction of sp³-hybridized carbons (Fsp3) is 0.208. The Bertz CT molecular complexity index is 1420. The van der Waals surface area contributed by atoms with E-state index in [0.717, 1.165) is 15.8 Å². The maximum Gasteiger partial charge on any atom is 0.230 e. The number of hydrogen-bond donors (Lipinski definition) is 0. The third kappa shape index (κ3) is 5.22. The van der Waals surface area contributed by atoms with Gasteiger partial charge < -0.3 is 4.74 Å². The van der Waals surface area contributed by atoms with Crippen molar-refractivity contribution in [3.63, 3.8) is 0 Å². The highest BCUT2D eigenvalue weighted by Gasteiger charge is 2.24. The Morgan fingerprint density at radius 2 is 1.88 bits per heavy atom. The first kappa shape index (κ1) is 24.1. The van der Waals surface area contributed by atoms with Crippen molar-refractivity contribution in [2.75, 3.05) is 17.8 Å². The van der Waals surface area contributed by atoms with Crippen LogP contribution in [0.2, 0.25) is 5.02 Å². The zero-order valence-corrected chi connectivity index (χ0v) is 21.0. The minimum absolute atomic E-state index is 0.141. The Hall–Kier alpha value is -3.01. The molecule has 0 fully saturated rings. The summed E-state index contributed by atoms with van der Waals surface area (Å²) in [6.45, 7) is 2.05. The van der Waals surface area contributed by atoms with Crippen molar-refractivity contribution >= 4 is 54.0 Å². The maximum absolute atomic E-state index is 13.3. The molecular formula is C24H22ClN3O4S2. The fourth-order valence-electron chi connectivity index (χ4n) is 3.38. The monoisotopic (exact) mass is 515 g/mol. The van der Waals surface area contributed by atoms with Crippen molar-refractivity contribution in [3.05, 3.63) is 77.1 Å². The number of rotatable bonds is 8. The number of hydrogen-bond acceptors (Lipinski definition) is 7. The largest absolute Gasteiger partial charge is 0.497 e. The van der Waals surface area contributed by atoms with Crippen LogP contribution in [0.1, 0.15) is 17.7 Å². The molecule has 4 aromatic rings. The van der Waals surface area contributed by atoms with Crippen LogP contribution in [-0.4, -0.2) is 37.2 Å². The van der Waals surface area contributed by atoms with E-state index < -0.39 is 9.84 Å². The van der Waals surface area contributed by atoms with Crippen molar-refractivity contribution in [2.45, 2.75) is 24.8 Å². The van der Waals surface area contributed by atoms with Gasteiger partial charge in [0, 0.05) is 17.6 Å². The van der Waals surface area contributed by atoms with Crippen molar-refractivity contribution in [1.29, 1.82) is 0 Å². The Morgan fingerprint density at radius 1 is 1.12 bits per heavy atom. The SMILES string of the molecule is COc1ccc(S(=O)(=O)CCC(=O)N(Cc2ccccn2)c2nc3c(C)c(Cl)ccc3s2)cc1. The molecule has 0 aliphatic carbocycles. The second kappa shape index (κ2) is 10.1. The number of fused-ring (bicyclic) bond motifs is 1. The molecule has 176 valence electrons. The van der Waals surface area contributed by atoms with Crippen LogP contribution in [0, 0.1) is 6.92 Å². The van der Waals surface area contributed by atoms with Gasteiger partial charge in [-0.2, -0.15) is 0 Å². The Labute approximate surface area is 206 Å². The molecule has 0 aliphatic heterocycles. The van der Waals surface area contributed by atoms with Gasteiger partial charge in [0.05, 0.1) is 40.2 Å². The van der Waals surface area contributed by atoms with Crippen LogP contribution in [-0.2, 0) is 21.2 Å². The fourth-order valence-corrected chi connectivity index (χ4v) is 5.80. The summed E-state index contributed by atoms with van der Waals surface area (Å²) in [7, 11) is -2.15. The Balaban J connectivity index is 1.61. The molecule has 0 spiro atoms. The molecule has 2 heterocycles. The smallest absolute Gasteiger partial charge is 0.230 e. The second-order valence-electron chi connectivity index (χ2n) is 7.56. The third-order valence-electron chi connectivity index (χ3n) is 5.32. The number of anilines is 1. The molecule has 2 aromatic carbocycles. The lowest BCUT2D eigenvalue weighted by Crippen LogP contribution is -2.32. The molecule has 34 heavy (non-hydrogen) atoms. The van der Waals surface area contributed by atoms with E-state index in [-0.39, 0.29) is 29.5 Å². The van der Waals surface area contributed by atoms with Crippen molar-refractivity contribution in [1.82, 2.24) is 9.97 Å². The zero-order chi connectivity index (χ0) is 24.3. The van der Waals surface area contributed by atoms with Crippen LogP contribution in [0.3, 0.4) is 0 Å². The molecule has 0 saturated carbocycles. The van der Waals surface area contributed by atoms with Gasteiger partial charge in [0.1, 0.15) is 5.75 Å². The first-order valence-corrected chi connectivity index (χ1v) is 13.3. The lowest BCUT2D eigenvalue weighted by molar-refractivity contribution is -0.118. The van der Waals surface area contributed by atoms with Gasteiger partial charge in [-0.05, 0) is 61.0 Å². The van der Waals surface area contributed by atoms with Crippen LogP contribution in [0.4, 0.5) is 5.13 Å². The summed E-state index contributed by atoms with van der Waals surface area (Å²) in [4.78, 5) is 23.9. The van der Waals surface area contributed by atoms with Gasteiger partial charge >= 0.3 is 0 Å². The molecule has 1 amide bonds. The number of ether oxygens (including phenoxy) is 1. The molecule has 10 heteroatoms. The zero-order valence-electron chi connectivity index (χ0n) is 18.6. The molecule has 0 bridgehead atoms. The molecule has 0 unspecified atom stereocenters. The third-order valence-corrected chi connectivity index (χ3v) is 8.50. The molecule has 0 N–H and O–H groups in total. The van der Waals surface area contributed by atoms with E-state index in [0.29, 0.717) is 21.6 Å². The minimum Gasteiger partial charge on any atom is -0.497 e. The summed E-state index contributed by atoms with van der Waals surface area (Å²) in [5.74, 6) is -0.125. The normalized spacial score (nSPS) is 11.5. The topological polar surface area (TPSA) is 89.5 Å². The highest BCUT2D eigenvalue weighted by atomic mass is 35.5. The van der Waals surface area contributed by atoms with E-state index >= 15 is 0 Å². The number of thiazole rings is 1. The number of nitrogens with zero attached hydrogens (tertiary/aromatic N) is 3. The summed E-state index contributed by atoms with van der Waals surface area (Å²) < 4.78 is 31.6. The van der Waals surface area contributed by atoms with Crippen LogP contribution in [0.5, 0.6) is 5.75 Å². The van der Waals surface area contributed by atoms with Crippen LogP contribution < -0.4 is 9.64 Å². The predicted octanol–water partition coefficient (Wildman–Crippen LogP) is 5.06. The van der Waals surface area contributed by atoms with Crippen LogP contribution >= 0.6 is 22.9 Å². The van der Waals surface area contributed by atoms with E-state index in [1.807, 2.05) is 25.1 Å². The highest BCUT2D eigenvalue weighted by molar-refractivity contribution is 7.91. The van der Waals surface area contributed by atoms with Crippen LogP contribution in [0.15, 0.2) is 65.7 Å². The summed E-state index contributed by atoms with van der Waals surface area (Å²) >= 11 is 7.60. The van der Waals surface area contributed by atoms with Gasteiger partial charge in [-0.25, -0.2) is 13.4 Å². The molecule has 7 nitrogen and oxygen atoms in total. The first-order valence-electron chi connectivity index (χ1n) is 10.4. The molecule has 0 atom stereocenters. The molecular weight excluding hydrogens is 494 g/mol. The number of benzene rings is 2. The lowest BCUT2D eigenvalue weighted by Gasteiger charge is -2.19. The van der Waals surface area contributed by atoms with Gasteiger partial charge in [-0.3, -0.25) is 14.7 Å². The number of carbonyl (C=O) groups is 1. The van der Waals surface area contributed by atoms with Gasteiger partial charge in [0.2, 0.25) is 5.91 Å². The number of aryl methyl sites for hydroxylation is 1. The summed E-state index contributed by atoms with van der Waals surface area (Å²) in [6, 6.07) is 15.2. The molecule has 2 aromatic heterocycles. The number of halogens is 1. The van der Waals surface area contributed by atoms with E-state index in [2.05, 4.69) is 9.97 Å². The number of aromatic nitrogens is 2.